The Hall–Kier alpha value is -2.01. The number of anilines is 1. The van der Waals surface area contributed by atoms with Crippen molar-refractivity contribution in [3.05, 3.63) is 30.5 Å². The Balaban J connectivity index is 2.12. The van der Waals surface area contributed by atoms with Gasteiger partial charge in [0.05, 0.1) is 6.61 Å². The molecule has 0 aliphatic rings. The highest BCUT2D eigenvalue weighted by Crippen LogP contribution is 2.20. The summed E-state index contributed by atoms with van der Waals surface area (Å²) >= 11 is 0. The molecule has 2 amide bonds. The summed E-state index contributed by atoms with van der Waals surface area (Å²) < 4.78 is 7.23. The van der Waals surface area contributed by atoms with Crippen LogP contribution in [0.2, 0.25) is 0 Å². The molecule has 108 valence electrons. The zero-order valence-electron chi connectivity index (χ0n) is 12.1. The molecule has 0 fully saturated rings. The van der Waals surface area contributed by atoms with Crippen molar-refractivity contribution in [2.75, 3.05) is 19.0 Å². The van der Waals surface area contributed by atoms with Gasteiger partial charge in [-0.05, 0) is 38.1 Å². The first-order valence-electron chi connectivity index (χ1n) is 6.75. The van der Waals surface area contributed by atoms with E-state index < -0.39 is 0 Å². The number of aromatic nitrogens is 1. The Bertz CT molecular complexity index is 590. The van der Waals surface area contributed by atoms with Gasteiger partial charge in [-0.2, -0.15) is 0 Å². The van der Waals surface area contributed by atoms with Gasteiger partial charge in [-0.1, -0.05) is 0 Å². The quantitative estimate of drug-likeness (QED) is 0.881. The van der Waals surface area contributed by atoms with Gasteiger partial charge in [-0.25, -0.2) is 4.79 Å². The van der Waals surface area contributed by atoms with E-state index in [1.807, 2.05) is 44.3 Å². The Kier molecular flexibility index (Phi) is 4.63. The molecule has 0 unspecified atom stereocenters. The average molecular weight is 275 g/mol. The predicted octanol–water partition coefficient (Wildman–Crippen LogP) is 2.82. The number of methoxy groups -OCH3 is 1. The number of hydrogen-bond acceptors (Lipinski definition) is 2. The summed E-state index contributed by atoms with van der Waals surface area (Å²) in [6.07, 6.45) is 2.03. The van der Waals surface area contributed by atoms with Crippen LogP contribution in [0.1, 0.15) is 13.8 Å². The minimum Gasteiger partial charge on any atom is -0.383 e. The van der Waals surface area contributed by atoms with E-state index in [0.29, 0.717) is 6.61 Å². The standard InChI is InChI=1S/C15H21N3O2/c1-11(2)16-15(19)17-13-4-5-14-12(10-13)6-7-18(14)8-9-20-3/h4-7,10-11H,8-9H2,1-3H3,(H2,16,17,19). The second-order valence-electron chi connectivity index (χ2n) is 5.03. The summed E-state index contributed by atoms with van der Waals surface area (Å²) in [5, 5.41) is 6.73. The average Bonchev–Trinajstić information content (AvgIpc) is 2.77. The zero-order valence-corrected chi connectivity index (χ0v) is 12.1. The molecule has 2 N–H and O–H groups in total. The Labute approximate surface area is 118 Å². The maximum absolute atomic E-state index is 11.7. The fourth-order valence-electron chi connectivity index (χ4n) is 2.09. The highest BCUT2D eigenvalue weighted by Gasteiger charge is 2.06. The number of carbonyl (C=O) groups is 1. The smallest absolute Gasteiger partial charge is 0.319 e. The fourth-order valence-corrected chi connectivity index (χ4v) is 2.09. The van der Waals surface area contributed by atoms with Crippen LogP contribution in [0, 0.1) is 0 Å². The molecular weight excluding hydrogens is 254 g/mol. The molecule has 1 aromatic heterocycles. The molecule has 5 nitrogen and oxygen atoms in total. The third-order valence-electron chi connectivity index (χ3n) is 2.98. The first kappa shape index (κ1) is 14.4. The minimum atomic E-state index is -0.182. The first-order chi connectivity index (χ1) is 9.60. The molecule has 0 saturated heterocycles. The number of nitrogens with zero attached hydrogens (tertiary/aromatic N) is 1. The number of urea groups is 1. The molecule has 1 aromatic carbocycles. The van der Waals surface area contributed by atoms with Crippen LogP contribution in [0.15, 0.2) is 30.5 Å². The third-order valence-corrected chi connectivity index (χ3v) is 2.98. The molecule has 0 aliphatic carbocycles. The summed E-state index contributed by atoms with van der Waals surface area (Å²) in [6.45, 7) is 5.36. The first-order valence-corrected chi connectivity index (χ1v) is 6.75. The molecule has 0 saturated carbocycles. The zero-order chi connectivity index (χ0) is 14.5. The fraction of sp³-hybridized carbons (Fsp3) is 0.400. The van der Waals surface area contributed by atoms with Gasteiger partial charge < -0.3 is 19.9 Å². The summed E-state index contributed by atoms with van der Waals surface area (Å²) in [6, 6.07) is 7.86. The van der Waals surface area contributed by atoms with E-state index in [4.69, 9.17) is 4.74 Å². The molecule has 0 radical (unpaired) electrons. The highest BCUT2D eigenvalue weighted by molar-refractivity contribution is 5.93. The third kappa shape index (κ3) is 3.51. The topological polar surface area (TPSA) is 55.3 Å². The van der Waals surface area contributed by atoms with Gasteiger partial charge in [-0.15, -0.1) is 0 Å². The molecule has 0 aliphatic heterocycles. The lowest BCUT2D eigenvalue weighted by atomic mass is 10.2. The molecular formula is C15H21N3O2. The van der Waals surface area contributed by atoms with Crippen LogP contribution >= 0.6 is 0 Å². The molecule has 5 heteroatoms. The van der Waals surface area contributed by atoms with Crippen molar-refractivity contribution in [3.8, 4) is 0 Å². The minimum absolute atomic E-state index is 0.119. The lowest BCUT2D eigenvalue weighted by molar-refractivity contribution is 0.188. The Morgan fingerprint density at radius 1 is 1.35 bits per heavy atom. The van der Waals surface area contributed by atoms with E-state index in [1.165, 1.54) is 0 Å². The van der Waals surface area contributed by atoms with E-state index in [1.54, 1.807) is 7.11 Å². The van der Waals surface area contributed by atoms with Crippen molar-refractivity contribution in [2.24, 2.45) is 0 Å². The van der Waals surface area contributed by atoms with Gasteiger partial charge in [0.15, 0.2) is 0 Å². The summed E-state index contributed by atoms with van der Waals surface area (Å²) in [7, 11) is 1.70. The number of ether oxygens (including phenoxy) is 1. The van der Waals surface area contributed by atoms with E-state index >= 15 is 0 Å². The van der Waals surface area contributed by atoms with Gasteiger partial charge in [-0.3, -0.25) is 0 Å². The molecule has 20 heavy (non-hydrogen) atoms. The van der Waals surface area contributed by atoms with E-state index in [9.17, 15) is 4.79 Å². The highest BCUT2D eigenvalue weighted by atomic mass is 16.5. The van der Waals surface area contributed by atoms with Gasteiger partial charge in [0, 0.05) is 42.5 Å². The normalized spacial score (nSPS) is 11.0. The second-order valence-corrected chi connectivity index (χ2v) is 5.03. The van der Waals surface area contributed by atoms with Crippen LogP contribution in [0.4, 0.5) is 10.5 Å². The van der Waals surface area contributed by atoms with Crippen LogP contribution in [-0.2, 0) is 11.3 Å². The van der Waals surface area contributed by atoms with Crippen LogP contribution in [-0.4, -0.2) is 30.4 Å². The summed E-state index contributed by atoms with van der Waals surface area (Å²) in [5.41, 5.74) is 1.93. The SMILES string of the molecule is COCCn1ccc2cc(NC(=O)NC(C)C)ccc21. The van der Waals surface area contributed by atoms with Crippen LogP contribution in [0.3, 0.4) is 0 Å². The monoisotopic (exact) mass is 275 g/mol. The number of nitrogens with one attached hydrogen (secondary N) is 2. The van der Waals surface area contributed by atoms with Crippen LogP contribution in [0.5, 0.6) is 0 Å². The molecule has 2 aromatic rings. The van der Waals surface area contributed by atoms with Crippen LogP contribution in [0.25, 0.3) is 10.9 Å². The molecule has 0 bridgehead atoms. The summed E-state index contributed by atoms with van der Waals surface area (Å²) in [4.78, 5) is 11.7. The number of benzene rings is 1. The second kappa shape index (κ2) is 6.43. The van der Waals surface area contributed by atoms with Crippen molar-refractivity contribution in [2.45, 2.75) is 26.4 Å². The van der Waals surface area contributed by atoms with Crippen molar-refractivity contribution >= 4 is 22.6 Å². The maximum atomic E-state index is 11.7. The number of rotatable bonds is 5. The van der Waals surface area contributed by atoms with Gasteiger partial charge >= 0.3 is 6.03 Å². The Morgan fingerprint density at radius 2 is 2.15 bits per heavy atom. The molecule has 1 heterocycles. The van der Waals surface area contributed by atoms with E-state index in [2.05, 4.69) is 15.2 Å². The lowest BCUT2D eigenvalue weighted by Crippen LogP contribution is -2.34. The predicted molar refractivity (Wildman–Crippen MR) is 81.1 cm³/mol. The molecule has 2 rings (SSSR count). The van der Waals surface area contributed by atoms with Crippen molar-refractivity contribution in [3.63, 3.8) is 0 Å². The van der Waals surface area contributed by atoms with Gasteiger partial charge in [0.25, 0.3) is 0 Å². The summed E-state index contributed by atoms with van der Waals surface area (Å²) in [5.74, 6) is 0. The van der Waals surface area contributed by atoms with Gasteiger partial charge in [0.2, 0.25) is 0 Å². The van der Waals surface area contributed by atoms with E-state index in [-0.39, 0.29) is 12.1 Å². The van der Waals surface area contributed by atoms with E-state index in [0.717, 1.165) is 23.1 Å². The molecule has 0 spiro atoms. The number of carbonyl (C=O) groups excluding carboxylic acids is 1. The van der Waals surface area contributed by atoms with Crippen molar-refractivity contribution < 1.29 is 9.53 Å². The maximum Gasteiger partial charge on any atom is 0.319 e. The Morgan fingerprint density at radius 3 is 2.85 bits per heavy atom. The number of hydrogen-bond donors (Lipinski definition) is 2. The van der Waals surface area contributed by atoms with Crippen molar-refractivity contribution in [1.82, 2.24) is 9.88 Å². The molecule has 0 atom stereocenters. The number of amides is 2. The van der Waals surface area contributed by atoms with Crippen molar-refractivity contribution in [1.29, 1.82) is 0 Å². The van der Waals surface area contributed by atoms with Crippen LogP contribution < -0.4 is 10.6 Å². The lowest BCUT2D eigenvalue weighted by Gasteiger charge is -2.10. The largest absolute Gasteiger partial charge is 0.383 e. The van der Waals surface area contributed by atoms with Gasteiger partial charge in [0.1, 0.15) is 0 Å². The number of fused-ring (bicyclic) bond motifs is 1.